The molecule has 0 fully saturated rings. The molecule has 5 aromatic carbocycles. The summed E-state index contributed by atoms with van der Waals surface area (Å²) in [5.41, 5.74) is 7.33. The van der Waals surface area contributed by atoms with E-state index >= 15 is 0 Å². The molecule has 0 saturated carbocycles. The predicted molar refractivity (Wildman–Crippen MR) is 153 cm³/mol. The van der Waals surface area contributed by atoms with Gasteiger partial charge >= 0.3 is 0 Å². The number of rotatable bonds is 2. The molecule has 2 heteroatoms. The Morgan fingerprint density at radius 3 is 1.92 bits per heavy atom. The van der Waals surface area contributed by atoms with Gasteiger partial charge in [-0.2, -0.15) is 0 Å². The Morgan fingerprint density at radius 2 is 1.30 bits per heavy atom. The number of phenols is 1. The number of fused-ring (bicyclic) bond motifs is 5. The molecule has 0 aliphatic heterocycles. The van der Waals surface area contributed by atoms with Crippen LogP contribution in [0.2, 0.25) is 0 Å². The molecule has 0 radical (unpaired) electrons. The topological polar surface area (TPSA) is 40.5 Å². The van der Waals surface area contributed by atoms with E-state index in [1.54, 1.807) is 0 Å². The summed E-state index contributed by atoms with van der Waals surface area (Å²) in [5, 5.41) is 23.3. The van der Waals surface area contributed by atoms with Crippen LogP contribution in [0.3, 0.4) is 0 Å². The zero-order valence-corrected chi connectivity index (χ0v) is 21.2. The second-order valence-electron chi connectivity index (χ2n) is 9.71. The van der Waals surface area contributed by atoms with Gasteiger partial charge in [-0.15, -0.1) is 6.42 Å². The summed E-state index contributed by atoms with van der Waals surface area (Å²) in [7, 11) is 0. The molecule has 0 amide bonds. The van der Waals surface area contributed by atoms with E-state index in [-0.39, 0.29) is 0 Å². The van der Waals surface area contributed by atoms with Crippen molar-refractivity contribution in [3.63, 3.8) is 0 Å². The number of phenolic OH excluding ortho intramolecular Hbond substituents is 1. The van der Waals surface area contributed by atoms with Gasteiger partial charge in [-0.3, -0.25) is 0 Å². The molecule has 1 aliphatic rings. The summed E-state index contributed by atoms with van der Waals surface area (Å²) < 4.78 is 0. The van der Waals surface area contributed by atoms with Crippen molar-refractivity contribution in [2.75, 3.05) is 0 Å². The van der Waals surface area contributed by atoms with Crippen molar-refractivity contribution in [2.24, 2.45) is 0 Å². The molecule has 5 aromatic rings. The summed E-state index contributed by atoms with van der Waals surface area (Å²) in [5.74, 6) is 2.94. The first-order chi connectivity index (χ1) is 17.9. The number of benzene rings is 5. The summed E-state index contributed by atoms with van der Waals surface area (Å²) in [6.07, 6.45) is 7.48. The van der Waals surface area contributed by atoms with Crippen LogP contribution in [0.15, 0.2) is 103 Å². The Morgan fingerprint density at radius 1 is 0.730 bits per heavy atom. The van der Waals surface area contributed by atoms with Crippen LogP contribution in [-0.2, 0) is 18.4 Å². The number of aromatic hydroxyl groups is 1. The minimum Gasteiger partial charge on any atom is -0.508 e. The molecule has 0 saturated heterocycles. The van der Waals surface area contributed by atoms with Crippen molar-refractivity contribution in [3.8, 4) is 29.2 Å². The van der Waals surface area contributed by atoms with E-state index < -0.39 is 5.60 Å². The van der Waals surface area contributed by atoms with Gasteiger partial charge in [0.25, 0.3) is 0 Å². The quantitative estimate of drug-likeness (QED) is 0.256. The number of aryl methyl sites for hydroxylation is 3. The fraction of sp³-hybridized carbons (Fsp3) is 0.143. The third-order valence-corrected chi connectivity index (χ3v) is 7.21. The van der Waals surface area contributed by atoms with Gasteiger partial charge < -0.3 is 10.2 Å². The summed E-state index contributed by atoms with van der Waals surface area (Å²) >= 11 is 0. The standard InChI is InChI=1S/C18H14O.C17H16O/c19-17-11-13-6-2-4-8-15(13)18-14-7-3-1-5-12(14)9-10-16(17)18;1-4-17(18,15-9-5-13(2)6-10-15)16-11-7-14(3)8-12-16/h1-8,11,19H,9-10H2;1,5-12,18H,2-3H3. The van der Waals surface area contributed by atoms with Gasteiger partial charge in [-0.1, -0.05) is 114 Å². The monoisotopic (exact) mass is 482 g/mol. The maximum atomic E-state index is 10.7. The van der Waals surface area contributed by atoms with Crippen LogP contribution in [0.25, 0.3) is 21.9 Å². The molecule has 2 N–H and O–H groups in total. The number of hydrogen-bond donors (Lipinski definition) is 2. The minimum absolute atomic E-state index is 0.434. The molecule has 0 spiro atoms. The van der Waals surface area contributed by atoms with Crippen molar-refractivity contribution >= 4 is 10.8 Å². The fourth-order valence-corrected chi connectivity index (χ4v) is 5.10. The van der Waals surface area contributed by atoms with E-state index in [1.165, 1.54) is 22.1 Å². The molecule has 6 rings (SSSR count). The Hall–Kier alpha value is -4.32. The molecular formula is C35H30O2. The third-order valence-electron chi connectivity index (χ3n) is 7.21. The molecular weight excluding hydrogens is 452 g/mol. The van der Waals surface area contributed by atoms with Gasteiger partial charge in [0.2, 0.25) is 0 Å². The number of hydrogen-bond acceptors (Lipinski definition) is 2. The Labute approximate surface area is 218 Å². The summed E-state index contributed by atoms with van der Waals surface area (Å²) in [6.45, 7) is 4.01. The number of terminal acetylenes is 1. The zero-order valence-electron chi connectivity index (χ0n) is 21.2. The van der Waals surface area contributed by atoms with Crippen LogP contribution in [0.1, 0.15) is 33.4 Å². The van der Waals surface area contributed by atoms with Crippen LogP contribution < -0.4 is 0 Å². The number of aliphatic hydroxyl groups is 1. The van der Waals surface area contributed by atoms with Gasteiger partial charge in [0, 0.05) is 16.7 Å². The molecule has 182 valence electrons. The maximum absolute atomic E-state index is 10.7. The Balaban J connectivity index is 0.000000152. The van der Waals surface area contributed by atoms with Crippen molar-refractivity contribution in [1.82, 2.24) is 0 Å². The van der Waals surface area contributed by atoms with Crippen LogP contribution >= 0.6 is 0 Å². The largest absolute Gasteiger partial charge is 0.508 e. The van der Waals surface area contributed by atoms with E-state index in [4.69, 9.17) is 6.42 Å². The van der Waals surface area contributed by atoms with Crippen LogP contribution in [0, 0.1) is 26.2 Å². The minimum atomic E-state index is -1.36. The average molecular weight is 483 g/mol. The Bertz CT molecular complexity index is 1560. The van der Waals surface area contributed by atoms with Crippen LogP contribution in [-0.4, -0.2) is 10.2 Å². The van der Waals surface area contributed by atoms with Crippen LogP contribution in [0.5, 0.6) is 5.75 Å². The molecule has 0 atom stereocenters. The first-order valence-electron chi connectivity index (χ1n) is 12.6. The van der Waals surface area contributed by atoms with Crippen LogP contribution in [0.4, 0.5) is 0 Å². The van der Waals surface area contributed by atoms with E-state index in [1.807, 2.05) is 74.5 Å². The third kappa shape index (κ3) is 4.62. The zero-order chi connectivity index (χ0) is 26.0. The molecule has 0 unspecified atom stereocenters. The molecule has 0 aromatic heterocycles. The lowest BCUT2D eigenvalue weighted by atomic mass is 9.82. The van der Waals surface area contributed by atoms with Gasteiger partial charge in [-0.05, 0) is 60.2 Å². The second kappa shape index (κ2) is 9.97. The smallest absolute Gasteiger partial charge is 0.176 e. The predicted octanol–water partition coefficient (Wildman–Crippen LogP) is 7.48. The van der Waals surface area contributed by atoms with Crippen molar-refractivity contribution in [3.05, 3.63) is 137 Å². The Kier molecular flexibility index (Phi) is 6.57. The molecule has 37 heavy (non-hydrogen) atoms. The molecule has 0 heterocycles. The first-order valence-corrected chi connectivity index (χ1v) is 12.6. The fourth-order valence-electron chi connectivity index (χ4n) is 5.10. The lowest BCUT2D eigenvalue weighted by Gasteiger charge is -2.23. The highest BCUT2D eigenvalue weighted by Gasteiger charge is 2.28. The summed E-state index contributed by atoms with van der Waals surface area (Å²) in [4.78, 5) is 0. The highest BCUT2D eigenvalue weighted by atomic mass is 16.3. The SMILES string of the molecule is C#CC(O)(c1ccc(C)cc1)c1ccc(C)cc1.Oc1cc2ccccc2c2c1CCc1ccccc1-2. The lowest BCUT2D eigenvalue weighted by Crippen LogP contribution is -2.24. The van der Waals surface area contributed by atoms with Gasteiger partial charge in [0.1, 0.15) is 5.75 Å². The molecule has 2 nitrogen and oxygen atoms in total. The van der Waals surface area contributed by atoms with Gasteiger partial charge in [0.15, 0.2) is 5.60 Å². The van der Waals surface area contributed by atoms with Crippen molar-refractivity contribution in [1.29, 1.82) is 0 Å². The average Bonchev–Trinajstić information content (AvgIpc) is 2.93. The van der Waals surface area contributed by atoms with Crippen molar-refractivity contribution in [2.45, 2.75) is 32.3 Å². The van der Waals surface area contributed by atoms with Gasteiger partial charge in [-0.25, -0.2) is 0 Å². The van der Waals surface area contributed by atoms with E-state index in [0.717, 1.165) is 46.0 Å². The van der Waals surface area contributed by atoms with Crippen molar-refractivity contribution < 1.29 is 10.2 Å². The molecule has 0 bridgehead atoms. The highest BCUT2D eigenvalue weighted by Crippen LogP contribution is 2.42. The first kappa shape index (κ1) is 24.4. The summed E-state index contributed by atoms with van der Waals surface area (Å²) in [6, 6.07) is 34.0. The van der Waals surface area contributed by atoms with E-state index in [0.29, 0.717) is 5.75 Å². The molecule has 1 aliphatic carbocycles. The van der Waals surface area contributed by atoms with Gasteiger partial charge in [0.05, 0.1) is 0 Å². The van der Waals surface area contributed by atoms with E-state index in [9.17, 15) is 10.2 Å². The maximum Gasteiger partial charge on any atom is 0.176 e. The second-order valence-corrected chi connectivity index (χ2v) is 9.71. The lowest BCUT2D eigenvalue weighted by molar-refractivity contribution is 0.145. The normalized spacial score (nSPS) is 12.1. The highest BCUT2D eigenvalue weighted by molar-refractivity contribution is 6.01. The van der Waals surface area contributed by atoms with E-state index in [2.05, 4.69) is 48.4 Å².